The molecule has 18 heavy (non-hydrogen) atoms. The van der Waals surface area contributed by atoms with Gasteiger partial charge in [-0.05, 0) is 14.0 Å². The van der Waals surface area contributed by atoms with Crippen molar-refractivity contribution in [3.8, 4) is 0 Å². The topological polar surface area (TPSA) is 61.9 Å². The average molecular weight is 259 g/mol. The normalized spacial score (nSPS) is 15.4. The van der Waals surface area contributed by atoms with E-state index in [1.54, 1.807) is 11.8 Å². The van der Waals surface area contributed by atoms with Crippen LogP contribution in [-0.4, -0.2) is 68.2 Å². The van der Waals surface area contributed by atoms with Crippen molar-refractivity contribution in [3.63, 3.8) is 0 Å². The Morgan fingerprint density at radius 1 is 1.17 bits per heavy atom. The third-order valence-corrected chi connectivity index (χ3v) is 2.48. The van der Waals surface area contributed by atoms with Crippen molar-refractivity contribution in [2.24, 2.45) is 0 Å². The van der Waals surface area contributed by atoms with Crippen LogP contribution in [-0.2, 0) is 9.53 Å². The first-order valence-corrected chi connectivity index (χ1v) is 6.50. The van der Waals surface area contributed by atoms with Crippen molar-refractivity contribution >= 4 is 12.0 Å². The lowest BCUT2D eigenvalue weighted by Crippen LogP contribution is -2.51. The predicted octanol–water partition coefficient (Wildman–Crippen LogP) is 0.533. The lowest BCUT2D eigenvalue weighted by molar-refractivity contribution is -0.141. The van der Waals surface area contributed by atoms with Crippen LogP contribution in [0.2, 0.25) is 0 Å². The van der Waals surface area contributed by atoms with E-state index in [9.17, 15) is 9.59 Å². The van der Waals surface area contributed by atoms with E-state index in [1.807, 2.05) is 20.9 Å². The first kappa shape index (κ1) is 16.7. The van der Waals surface area contributed by atoms with Crippen molar-refractivity contribution < 1.29 is 14.3 Å². The summed E-state index contributed by atoms with van der Waals surface area (Å²) in [5.74, 6) is -0.398. The summed E-state index contributed by atoms with van der Waals surface area (Å²) >= 11 is 0. The number of urea groups is 1. The van der Waals surface area contributed by atoms with E-state index >= 15 is 0 Å². The zero-order chi connectivity index (χ0) is 14.0. The quantitative estimate of drug-likeness (QED) is 0.751. The first-order chi connectivity index (χ1) is 8.63. The maximum Gasteiger partial charge on any atom is 0.325 e. The van der Waals surface area contributed by atoms with Crippen LogP contribution in [0.15, 0.2) is 0 Å². The number of nitrogens with one attached hydrogen (secondary N) is 1. The van der Waals surface area contributed by atoms with Gasteiger partial charge in [-0.15, -0.1) is 0 Å². The summed E-state index contributed by atoms with van der Waals surface area (Å²) < 4.78 is 4.72. The van der Waals surface area contributed by atoms with Gasteiger partial charge in [0.05, 0.1) is 6.61 Å². The van der Waals surface area contributed by atoms with Crippen molar-refractivity contribution in [2.45, 2.75) is 20.8 Å². The number of ether oxygens (including phenoxy) is 1. The maximum atomic E-state index is 11.6. The molecule has 106 valence electrons. The van der Waals surface area contributed by atoms with Gasteiger partial charge in [-0.2, -0.15) is 0 Å². The molecule has 0 aliphatic carbocycles. The van der Waals surface area contributed by atoms with Crippen LogP contribution in [0.4, 0.5) is 4.79 Å². The summed E-state index contributed by atoms with van der Waals surface area (Å²) in [4.78, 5) is 26.5. The van der Waals surface area contributed by atoms with Gasteiger partial charge in [-0.1, -0.05) is 13.8 Å². The second-order valence-corrected chi connectivity index (χ2v) is 3.75. The minimum Gasteiger partial charge on any atom is -0.465 e. The van der Waals surface area contributed by atoms with E-state index < -0.39 is 5.97 Å². The molecule has 0 atom stereocenters. The molecule has 2 amide bonds. The molecule has 0 aromatic rings. The summed E-state index contributed by atoms with van der Waals surface area (Å²) in [5.41, 5.74) is 0. The zero-order valence-electron chi connectivity index (χ0n) is 11.9. The summed E-state index contributed by atoms with van der Waals surface area (Å²) in [6.45, 7) is 9.15. The Hall–Kier alpha value is -1.30. The van der Waals surface area contributed by atoms with Crippen LogP contribution in [0, 0.1) is 0 Å². The number of hydrogen-bond acceptors (Lipinski definition) is 4. The van der Waals surface area contributed by atoms with Gasteiger partial charge < -0.3 is 19.9 Å². The summed E-state index contributed by atoms with van der Waals surface area (Å²) in [5, 5.41) is 2.55. The van der Waals surface area contributed by atoms with E-state index in [2.05, 4.69) is 10.2 Å². The number of carbonyl (C=O) groups excluding carboxylic acids is 2. The summed E-state index contributed by atoms with van der Waals surface area (Å²) in [7, 11) is 2.02. The number of amides is 2. The smallest absolute Gasteiger partial charge is 0.325 e. The van der Waals surface area contributed by atoms with Gasteiger partial charge in [0.1, 0.15) is 6.54 Å². The van der Waals surface area contributed by atoms with Crippen LogP contribution in [0.25, 0.3) is 0 Å². The highest BCUT2D eigenvalue weighted by Gasteiger charge is 2.19. The standard InChI is InChI=1S/C10H19N3O3.C2H6/c1-3-16-9(14)8-11-10(15)13-6-4-12(2)5-7-13;1-2/h3-8H2,1-2H3,(H,11,15);1-2H3. The van der Waals surface area contributed by atoms with Gasteiger partial charge in [0.2, 0.25) is 0 Å². The summed E-state index contributed by atoms with van der Waals surface area (Å²) in [6, 6.07) is -0.193. The van der Waals surface area contributed by atoms with Crippen LogP contribution in [0.1, 0.15) is 20.8 Å². The van der Waals surface area contributed by atoms with Crippen LogP contribution < -0.4 is 5.32 Å². The van der Waals surface area contributed by atoms with Crippen molar-refractivity contribution in [1.82, 2.24) is 15.1 Å². The fourth-order valence-electron chi connectivity index (χ4n) is 1.48. The predicted molar refractivity (Wildman–Crippen MR) is 70.4 cm³/mol. The lowest BCUT2D eigenvalue weighted by Gasteiger charge is -2.32. The van der Waals surface area contributed by atoms with Crippen molar-refractivity contribution in [3.05, 3.63) is 0 Å². The Morgan fingerprint density at radius 3 is 2.22 bits per heavy atom. The maximum absolute atomic E-state index is 11.6. The molecule has 6 heteroatoms. The molecule has 0 saturated carbocycles. The number of likely N-dealkylation sites (N-methyl/N-ethyl adjacent to an activating group) is 1. The molecule has 1 heterocycles. The highest BCUT2D eigenvalue weighted by atomic mass is 16.5. The van der Waals surface area contributed by atoms with E-state index in [0.29, 0.717) is 19.7 Å². The second-order valence-electron chi connectivity index (χ2n) is 3.75. The van der Waals surface area contributed by atoms with Gasteiger partial charge in [-0.25, -0.2) is 4.79 Å². The number of nitrogens with zero attached hydrogens (tertiary/aromatic N) is 2. The SMILES string of the molecule is CC.CCOC(=O)CNC(=O)N1CCN(C)CC1. The Balaban J connectivity index is 0.00000137. The van der Waals surface area contributed by atoms with Gasteiger partial charge in [-0.3, -0.25) is 4.79 Å². The zero-order valence-corrected chi connectivity index (χ0v) is 11.9. The molecule has 0 radical (unpaired) electrons. The molecule has 1 aliphatic heterocycles. The fraction of sp³-hybridized carbons (Fsp3) is 0.833. The minimum absolute atomic E-state index is 0.0565. The van der Waals surface area contributed by atoms with E-state index in [-0.39, 0.29) is 12.6 Å². The van der Waals surface area contributed by atoms with E-state index in [0.717, 1.165) is 13.1 Å². The van der Waals surface area contributed by atoms with Crippen LogP contribution >= 0.6 is 0 Å². The largest absolute Gasteiger partial charge is 0.465 e. The Morgan fingerprint density at radius 2 is 1.72 bits per heavy atom. The Bertz CT molecular complexity index is 251. The first-order valence-electron chi connectivity index (χ1n) is 6.50. The number of piperazine rings is 1. The Labute approximate surface area is 109 Å². The van der Waals surface area contributed by atoms with Crippen molar-refractivity contribution in [1.29, 1.82) is 0 Å². The molecular weight excluding hydrogens is 234 g/mol. The van der Waals surface area contributed by atoms with Crippen LogP contribution in [0.3, 0.4) is 0 Å². The number of rotatable bonds is 3. The fourth-order valence-corrected chi connectivity index (χ4v) is 1.48. The molecule has 0 bridgehead atoms. The number of esters is 1. The van der Waals surface area contributed by atoms with Gasteiger partial charge >= 0.3 is 12.0 Å². The highest BCUT2D eigenvalue weighted by molar-refractivity contribution is 5.80. The molecule has 1 saturated heterocycles. The number of hydrogen-bond donors (Lipinski definition) is 1. The monoisotopic (exact) mass is 259 g/mol. The molecule has 6 nitrogen and oxygen atoms in total. The molecule has 0 unspecified atom stereocenters. The second kappa shape index (κ2) is 9.70. The lowest BCUT2D eigenvalue weighted by atomic mass is 10.3. The third-order valence-electron chi connectivity index (χ3n) is 2.48. The van der Waals surface area contributed by atoms with Gasteiger partial charge in [0.25, 0.3) is 0 Å². The molecule has 1 rings (SSSR count). The average Bonchev–Trinajstić information content (AvgIpc) is 2.39. The van der Waals surface area contributed by atoms with Crippen LogP contribution in [0.5, 0.6) is 0 Å². The third kappa shape index (κ3) is 6.44. The minimum atomic E-state index is -0.398. The molecule has 0 spiro atoms. The van der Waals surface area contributed by atoms with E-state index in [1.165, 1.54) is 0 Å². The molecule has 1 aliphatic rings. The van der Waals surface area contributed by atoms with E-state index in [4.69, 9.17) is 4.74 Å². The Kier molecular flexibility index (Phi) is 9.00. The molecular formula is C12H25N3O3. The summed E-state index contributed by atoms with van der Waals surface area (Å²) in [6.07, 6.45) is 0. The highest BCUT2D eigenvalue weighted by Crippen LogP contribution is 1.98. The van der Waals surface area contributed by atoms with Crippen molar-refractivity contribution in [2.75, 3.05) is 46.4 Å². The van der Waals surface area contributed by atoms with Gasteiger partial charge in [0.15, 0.2) is 0 Å². The molecule has 1 fully saturated rings. The molecule has 1 N–H and O–H groups in total. The molecule has 0 aromatic heterocycles. The molecule has 0 aromatic carbocycles. The van der Waals surface area contributed by atoms with Gasteiger partial charge in [0, 0.05) is 26.2 Å². The number of carbonyl (C=O) groups is 2.